The normalized spacial score (nSPS) is 16.8. The highest BCUT2D eigenvalue weighted by Crippen LogP contribution is 2.31. The number of anilines is 1. The van der Waals surface area contributed by atoms with E-state index in [1.807, 2.05) is 37.3 Å². The van der Waals surface area contributed by atoms with Crippen molar-refractivity contribution in [2.24, 2.45) is 7.05 Å². The fourth-order valence-electron chi connectivity index (χ4n) is 2.53. The van der Waals surface area contributed by atoms with Gasteiger partial charge in [0.05, 0.1) is 18.3 Å². The van der Waals surface area contributed by atoms with E-state index in [4.69, 9.17) is 4.74 Å². The fraction of sp³-hybridized carbons (Fsp3) is 0.333. The van der Waals surface area contributed by atoms with E-state index < -0.39 is 0 Å². The summed E-state index contributed by atoms with van der Waals surface area (Å²) in [6.45, 7) is 2.49. The minimum atomic E-state index is -0.236. The molecule has 2 aromatic rings. The molecule has 1 aliphatic rings. The van der Waals surface area contributed by atoms with Crippen molar-refractivity contribution >= 4 is 11.8 Å². The summed E-state index contributed by atoms with van der Waals surface area (Å²) < 4.78 is 7.24. The molecule has 21 heavy (non-hydrogen) atoms. The van der Waals surface area contributed by atoms with Crippen LogP contribution in [0.3, 0.4) is 0 Å². The third-order valence-corrected chi connectivity index (χ3v) is 3.51. The molecule has 0 bridgehead atoms. The maximum absolute atomic E-state index is 12.1. The molecule has 2 amide bonds. The average molecular weight is 286 g/mol. The Balaban J connectivity index is 1.70. The van der Waals surface area contributed by atoms with Gasteiger partial charge in [-0.2, -0.15) is 5.10 Å². The number of aromatic nitrogens is 2. The Bertz CT molecular complexity index is 665. The number of nitrogens with zero attached hydrogens (tertiary/aromatic N) is 2. The number of carbonyl (C=O) groups excluding carboxylic acids is 1. The van der Waals surface area contributed by atoms with Crippen LogP contribution in [0.1, 0.15) is 23.7 Å². The van der Waals surface area contributed by atoms with Gasteiger partial charge in [0.1, 0.15) is 11.6 Å². The molecule has 0 fully saturated rings. The van der Waals surface area contributed by atoms with Crippen LogP contribution in [0.15, 0.2) is 30.3 Å². The first-order valence-corrected chi connectivity index (χ1v) is 6.93. The first-order valence-electron chi connectivity index (χ1n) is 6.93. The van der Waals surface area contributed by atoms with E-state index in [9.17, 15) is 4.79 Å². The highest BCUT2D eigenvalue weighted by atomic mass is 16.5. The van der Waals surface area contributed by atoms with Crippen molar-refractivity contribution in [2.75, 3.05) is 11.9 Å². The molecular formula is C15H18N4O2. The Morgan fingerprint density at radius 3 is 3.00 bits per heavy atom. The second kappa shape index (κ2) is 5.47. The third-order valence-electron chi connectivity index (χ3n) is 3.51. The van der Waals surface area contributed by atoms with Crippen molar-refractivity contribution in [3.05, 3.63) is 41.6 Å². The van der Waals surface area contributed by atoms with Crippen LogP contribution in [0.25, 0.3) is 0 Å². The van der Waals surface area contributed by atoms with Crippen LogP contribution in [0.4, 0.5) is 10.6 Å². The fourth-order valence-corrected chi connectivity index (χ4v) is 2.53. The van der Waals surface area contributed by atoms with Crippen molar-refractivity contribution in [3.63, 3.8) is 0 Å². The molecule has 0 saturated carbocycles. The zero-order valence-electron chi connectivity index (χ0n) is 12.1. The number of fused-ring (bicyclic) bond motifs is 1. The van der Waals surface area contributed by atoms with E-state index in [0.29, 0.717) is 12.4 Å². The summed E-state index contributed by atoms with van der Waals surface area (Å²) in [5.74, 6) is 1.51. The van der Waals surface area contributed by atoms with Crippen LogP contribution in [0.5, 0.6) is 5.75 Å². The highest BCUT2D eigenvalue weighted by molar-refractivity contribution is 5.88. The third kappa shape index (κ3) is 2.84. The van der Waals surface area contributed by atoms with Crippen molar-refractivity contribution in [3.8, 4) is 5.75 Å². The Morgan fingerprint density at radius 2 is 2.24 bits per heavy atom. The monoisotopic (exact) mass is 286 g/mol. The van der Waals surface area contributed by atoms with Gasteiger partial charge in [-0.05, 0) is 13.0 Å². The molecule has 1 aromatic carbocycles. The topological polar surface area (TPSA) is 68.2 Å². The molecule has 1 aromatic heterocycles. The van der Waals surface area contributed by atoms with Gasteiger partial charge >= 0.3 is 6.03 Å². The van der Waals surface area contributed by atoms with Gasteiger partial charge in [-0.15, -0.1) is 0 Å². The van der Waals surface area contributed by atoms with E-state index in [-0.39, 0.29) is 12.1 Å². The number of aryl methyl sites for hydroxylation is 2. The lowest BCUT2D eigenvalue weighted by molar-refractivity contribution is 0.232. The zero-order valence-corrected chi connectivity index (χ0v) is 12.1. The second-order valence-corrected chi connectivity index (χ2v) is 5.12. The first-order chi connectivity index (χ1) is 10.1. The van der Waals surface area contributed by atoms with Crippen LogP contribution in [-0.2, 0) is 7.05 Å². The smallest absolute Gasteiger partial charge is 0.320 e. The highest BCUT2D eigenvalue weighted by Gasteiger charge is 2.22. The number of hydrogen-bond donors (Lipinski definition) is 2. The summed E-state index contributed by atoms with van der Waals surface area (Å²) in [6, 6.07) is 9.34. The molecule has 0 aliphatic carbocycles. The number of amides is 2. The molecule has 0 saturated heterocycles. The van der Waals surface area contributed by atoms with Gasteiger partial charge in [0.25, 0.3) is 0 Å². The lowest BCUT2D eigenvalue weighted by atomic mass is 10.0. The SMILES string of the molecule is Cc1cc(NC(=O)N[C@@H]2CCOc3ccccc32)n(C)n1. The van der Waals surface area contributed by atoms with E-state index in [1.54, 1.807) is 11.7 Å². The van der Waals surface area contributed by atoms with Crippen molar-refractivity contribution in [2.45, 2.75) is 19.4 Å². The van der Waals surface area contributed by atoms with Gasteiger partial charge < -0.3 is 10.1 Å². The molecule has 2 heterocycles. The van der Waals surface area contributed by atoms with Crippen LogP contribution >= 0.6 is 0 Å². The van der Waals surface area contributed by atoms with Crippen LogP contribution in [0.2, 0.25) is 0 Å². The molecule has 0 unspecified atom stereocenters. The molecular weight excluding hydrogens is 268 g/mol. The Kier molecular flexibility index (Phi) is 3.51. The Labute approximate surface area is 123 Å². The molecule has 3 rings (SSSR count). The van der Waals surface area contributed by atoms with Gasteiger partial charge in [-0.3, -0.25) is 10.00 Å². The maximum atomic E-state index is 12.1. The van der Waals surface area contributed by atoms with Crippen LogP contribution in [-0.4, -0.2) is 22.4 Å². The number of hydrogen-bond acceptors (Lipinski definition) is 3. The van der Waals surface area contributed by atoms with E-state index in [1.165, 1.54) is 0 Å². The summed E-state index contributed by atoms with van der Waals surface area (Å²) in [5.41, 5.74) is 1.88. The van der Waals surface area contributed by atoms with E-state index in [0.717, 1.165) is 23.4 Å². The quantitative estimate of drug-likeness (QED) is 0.890. The molecule has 0 spiro atoms. The molecule has 1 aliphatic heterocycles. The number of nitrogens with one attached hydrogen (secondary N) is 2. The van der Waals surface area contributed by atoms with Gasteiger partial charge in [0, 0.05) is 25.1 Å². The molecule has 6 heteroatoms. The maximum Gasteiger partial charge on any atom is 0.320 e. The van der Waals surface area contributed by atoms with Gasteiger partial charge in [-0.25, -0.2) is 4.79 Å². The number of benzene rings is 1. The summed E-state index contributed by atoms with van der Waals surface area (Å²) in [7, 11) is 1.80. The molecule has 110 valence electrons. The van der Waals surface area contributed by atoms with Crippen molar-refractivity contribution in [1.82, 2.24) is 15.1 Å². The second-order valence-electron chi connectivity index (χ2n) is 5.12. The summed E-state index contributed by atoms with van der Waals surface area (Å²) in [5, 5.41) is 10.0. The molecule has 6 nitrogen and oxygen atoms in total. The number of urea groups is 1. The first kappa shape index (κ1) is 13.5. The predicted molar refractivity (Wildman–Crippen MR) is 79.4 cm³/mol. The van der Waals surface area contributed by atoms with Gasteiger partial charge in [0.2, 0.25) is 0 Å². The van der Waals surface area contributed by atoms with Crippen molar-refractivity contribution < 1.29 is 9.53 Å². The zero-order chi connectivity index (χ0) is 14.8. The lowest BCUT2D eigenvalue weighted by Gasteiger charge is -2.26. The summed E-state index contributed by atoms with van der Waals surface area (Å²) >= 11 is 0. The largest absolute Gasteiger partial charge is 0.493 e. The molecule has 0 radical (unpaired) electrons. The van der Waals surface area contributed by atoms with Crippen molar-refractivity contribution in [1.29, 1.82) is 0 Å². The van der Waals surface area contributed by atoms with Gasteiger partial charge in [0.15, 0.2) is 0 Å². The summed E-state index contributed by atoms with van der Waals surface area (Å²) in [4.78, 5) is 12.1. The lowest BCUT2D eigenvalue weighted by Crippen LogP contribution is -2.35. The standard InChI is InChI=1S/C15H18N4O2/c1-10-9-14(19(2)18-10)17-15(20)16-12-7-8-21-13-6-4-3-5-11(12)13/h3-6,9,12H,7-8H2,1-2H3,(H2,16,17,20)/t12-/m1/s1. The minimum Gasteiger partial charge on any atom is -0.493 e. The number of para-hydroxylation sites is 1. The number of carbonyl (C=O) groups is 1. The van der Waals surface area contributed by atoms with E-state index >= 15 is 0 Å². The Hall–Kier alpha value is -2.50. The Morgan fingerprint density at radius 1 is 1.43 bits per heavy atom. The molecule has 1 atom stereocenters. The number of ether oxygens (including phenoxy) is 1. The van der Waals surface area contributed by atoms with Crippen LogP contribution < -0.4 is 15.4 Å². The van der Waals surface area contributed by atoms with E-state index in [2.05, 4.69) is 15.7 Å². The van der Waals surface area contributed by atoms with Crippen LogP contribution in [0, 0.1) is 6.92 Å². The van der Waals surface area contributed by atoms with Gasteiger partial charge in [-0.1, -0.05) is 18.2 Å². The summed E-state index contributed by atoms with van der Waals surface area (Å²) in [6.07, 6.45) is 0.759. The number of rotatable bonds is 2. The molecule has 2 N–H and O–H groups in total. The predicted octanol–water partition coefficient (Wildman–Crippen LogP) is 2.37. The average Bonchev–Trinajstić information content (AvgIpc) is 2.77. The minimum absolute atomic E-state index is 0.0377.